The van der Waals surface area contributed by atoms with Crippen LogP contribution < -0.4 is 15.4 Å². The molecular formula is C24H23N5O4. The number of hydrogen-bond acceptors (Lipinski definition) is 5. The average Bonchev–Trinajstić information content (AvgIpc) is 3.23. The van der Waals surface area contributed by atoms with E-state index >= 15 is 0 Å². The van der Waals surface area contributed by atoms with Gasteiger partial charge in [-0.15, -0.1) is 0 Å². The quantitative estimate of drug-likeness (QED) is 0.601. The topological polar surface area (TPSA) is 106 Å². The van der Waals surface area contributed by atoms with E-state index in [1.807, 2.05) is 43.3 Å². The fourth-order valence-corrected chi connectivity index (χ4v) is 4.48. The highest BCUT2D eigenvalue weighted by molar-refractivity contribution is 6.10. The zero-order chi connectivity index (χ0) is 23.2. The molecule has 0 aliphatic carbocycles. The molecule has 1 aromatic heterocycles. The number of aryl methyl sites for hydroxylation is 1. The zero-order valence-electron chi connectivity index (χ0n) is 18.3. The summed E-state index contributed by atoms with van der Waals surface area (Å²) in [5.74, 6) is -0.371. The van der Waals surface area contributed by atoms with Gasteiger partial charge in [-0.05, 0) is 32.0 Å². The second-order valence-corrected chi connectivity index (χ2v) is 8.16. The Bertz CT molecular complexity index is 1270. The second-order valence-electron chi connectivity index (χ2n) is 8.16. The molecule has 2 aromatic carbocycles. The molecule has 2 aliphatic heterocycles. The molecule has 0 saturated carbocycles. The van der Waals surface area contributed by atoms with Crippen molar-refractivity contribution < 1.29 is 19.1 Å². The number of benzene rings is 2. The Morgan fingerprint density at radius 1 is 1.12 bits per heavy atom. The minimum absolute atomic E-state index is 0.292. The number of para-hydroxylation sites is 2. The molecule has 1 spiro atoms. The van der Waals surface area contributed by atoms with E-state index in [0.717, 1.165) is 16.3 Å². The van der Waals surface area contributed by atoms with E-state index in [0.29, 0.717) is 35.7 Å². The predicted molar refractivity (Wildman–Crippen MR) is 120 cm³/mol. The van der Waals surface area contributed by atoms with E-state index in [9.17, 15) is 14.4 Å². The van der Waals surface area contributed by atoms with Crippen molar-refractivity contribution in [1.29, 1.82) is 0 Å². The van der Waals surface area contributed by atoms with Crippen LogP contribution in [0.2, 0.25) is 0 Å². The molecule has 3 heterocycles. The maximum Gasteiger partial charge on any atom is 0.325 e. The largest absolute Gasteiger partial charge is 0.493 e. The van der Waals surface area contributed by atoms with Crippen LogP contribution in [-0.2, 0) is 15.1 Å². The van der Waals surface area contributed by atoms with Crippen molar-refractivity contribution in [2.75, 3.05) is 18.5 Å². The molecule has 2 aliphatic rings. The Morgan fingerprint density at radius 3 is 2.64 bits per heavy atom. The molecule has 4 amide bonds. The molecule has 9 heteroatoms. The van der Waals surface area contributed by atoms with Gasteiger partial charge in [-0.1, -0.05) is 36.4 Å². The van der Waals surface area contributed by atoms with Crippen molar-refractivity contribution in [2.45, 2.75) is 25.8 Å². The molecular weight excluding hydrogens is 422 g/mol. The molecule has 3 aromatic rings. The van der Waals surface area contributed by atoms with Gasteiger partial charge in [0.25, 0.3) is 5.91 Å². The second kappa shape index (κ2) is 7.77. The van der Waals surface area contributed by atoms with Crippen LogP contribution in [0.1, 0.15) is 23.4 Å². The van der Waals surface area contributed by atoms with Crippen LogP contribution in [-0.4, -0.2) is 45.7 Å². The molecule has 0 radical (unpaired) electrons. The molecule has 33 heavy (non-hydrogen) atoms. The highest BCUT2D eigenvalue weighted by Crippen LogP contribution is 2.40. The number of hydrogen-bond donors (Lipinski definition) is 2. The predicted octanol–water partition coefficient (Wildman–Crippen LogP) is 2.66. The number of anilines is 1. The van der Waals surface area contributed by atoms with Crippen LogP contribution in [0.3, 0.4) is 0 Å². The van der Waals surface area contributed by atoms with Crippen molar-refractivity contribution in [3.63, 3.8) is 0 Å². The van der Waals surface area contributed by atoms with Gasteiger partial charge in [0.15, 0.2) is 5.54 Å². The summed E-state index contributed by atoms with van der Waals surface area (Å²) in [7, 11) is 0. The van der Waals surface area contributed by atoms with Crippen LogP contribution in [0.15, 0.2) is 54.6 Å². The van der Waals surface area contributed by atoms with Crippen molar-refractivity contribution in [1.82, 2.24) is 20.0 Å². The Hall–Kier alpha value is -4.14. The van der Waals surface area contributed by atoms with Crippen LogP contribution in [0.4, 0.5) is 10.5 Å². The summed E-state index contributed by atoms with van der Waals surface area (Å²) in [5, 5.41) is 10.1. The first-order chi connectivity index (χ1) is 15.9. The van der Waals surface area contributed by atoms with E-state index in [1.54, 1.807) is 29.8 Å². The molecule has 1 atom stereocenters. The van der Waals surface area contributed by atoms with E-state index in [4.69, 9.17) is 4.74 Å². The number of rotatable bonds is 4. The summed E-state index contributed by atoms with van der Waals surface area (Å²) in [6.07, 6.45) is 0.300. The number of ether oxygens (including phenoxy) is 1. The van der Waals surface area contributed by atoms with Gasteiger partial charge in [0.1, 0.15) is 12.3 Å². The number of fused-ring (bicyclic) bond motifs is 2. The van der Waals surface area contributed by atoms with E-state index < -0.39 is 29.9 Å². The average molecular weight is 445 g/mol. The molecule has 5 rings (SSSR count). The van der Waals surface area contributed by atoms with Gasteiger partial charge < -0.3 is 15.4 Å². The molecule has 168 valence electrons. The lowest BCUT2D eigenvalue weighted by atomic mass is 9.84. The first-order valence-electron chi connectivity index (χ1n) is 10.7. The minimum atomic E-state index is -1.21. The van der Waals surface area contributed by atoms with Crippen LogP contribution in [0.25, 0.3) is 5.69 Å². The van der Waals surface area contributed by atoms with Crippen LogP contribution in [0, 0.1) is 13.8 Å². The third-order valence-electron chi connectivity index (χ3n) is 6.12. The molecule has 0 unspecified atom stereocenters. The number of carbonyl (C=O) groups is 3. The maximum atomic E-state index is 13.4. The van der Waals surface area contributed by atoms with Gasteiger partial charge in [0.2, 0.25) is 5.91 Å². The molecule has 9 nitrogen and oxygen atoms in total. The smallest absolute Gasteiger partial charge is 0.325 e. The summed E-state index contributed by atoms with van der Waals surface area (Å²) in [6.45, 7) is 3.54. The van der Waals surface area contributed by atoms with Gasteiger partial charge in [-0.25, -0.2) is 9.48 Å². The summed E-state index contributed by atoms with van der Waals surface area (Å²) in [4.78, 5) is 39.9. The number of carbonyl (C=O) groups excluding carboxylic acids is 3. The van der Waals surface area contributed by atoms with Gasteiger partial charge in [0, 0.05) is 12.0 Å². The highest BCUT2D eigenvalue weighted by Gasteiger charge is 2.55. The first kappa shape index (κ1) is 20.7. The van der Waals surface area contributed by atoms with E-state index in [1.165, 1.54) is 0 Å². The Kier molecular flexibility index (Phi) is 4.88. The molecule has 2 N–H and O–H groups in total. The Labute approximate surface area is 190 Å². The van der Waals surface area contributed by atoms with Gasteiger partial charge in [-0.3, -0.25) is 14.5 Å². The number of nitrogens with zero attached hydrogens (tertiary/aromatic N) is 3. The number of aromatic nitrogens is 2. The van der Waals surface area contributed by atoms with Gasteiger partial charge >= 0.3 is 6.03 Å². The summed E-state index contributed by atoms with van der Waals surface area (Å²) in [5.41, 5.74) is 2.20. The maximum absolute atomic E-state index is 13.4. The highest BCUT2D eigenvalue weighted by atomic mass is 16.5. The SMILES string of the molecule is Cc1nn(-c2ccccc2)c(C)c1NC(=O)CN1C(=O)N[C@]2(CCOc3ccccc32)C1=O. The summed E-state index contributed by atoms with van der Waals surface area (Å²) >= 11 is 0. The minimum Gasteiger partial charge on any atom is -0.493 e. The number of amides is 4. The third-order valence-corrected chi connectivity index (χ3v) is 6.12. The normalized spacial score (nSPS) is 19.3. The fourth-order valence-electron chi connectivity index (χ4n) is 4.48. The van der Waals surface area contributed by atoms with Crippen molar-refractivity contribution in [3.8, 4) is 11.4 Å². The Balaban J connectivity index is 1.36. The lowest BCUT2D eigenvalue weighted by Crippen LogP contribution is -2.48. The van der Waals surface area contributed by atoms with Crippen molar-refractivity contribution in [2.24, 2.45) is 0 Å². The van der Waals surface area contributed by atoms with Gasteiger partial charge in [0.05, 0.1) is 29.4 Å². The van der Waals surface area contributed by atoms with Crippen molar-refractivity contribution >= 4 is 23.5 Å². The standard InChI is InChI=1S/C24H23N5O4/c1-15-21(16(2)29(27-15)17-8-4-3-5-9-17)25-20(30)14-28-22(31)24(26-23(28)32)12-13-33-19-11-7-6-10-18(19)24/h3-11H,12-14H2,1-2H3,(H,25,30)(H,26,32)/t24-/m0/s1. The molecule has 1 saturated heterocycles. The summed E-state index contributed by atoms with van der Waals surface area (Å²) < 4.78 is 7.39. The molecule has 0 bridgehead atoms. The van der Waals surface area contributed by atoms with Crippen LogP contribution in [0.5, 0.6) is 5.75 Å². The lowest BCUT2D eigenvalue weighted by molar-refractivity contribution is -0.135. The van der Waals surface area contributed by atoms with E-state index in [-0.39, 0.29) is 0 Å². The van der Waals surface area contributed by atoms with Crippen molar-refractivity contribution in [3.05, 3.63) is 71.5 Å². The Morgan fingerprint density at radius 2 is 1.85 bits per heavy atom. The first-order valence-corrected chi connectivity index (χ1v) is 10.7. The summed E-state index contributed by atoms with van der Waals surface area (Å²) in [6, 6.07) is 16.1. The number of imide groups is 1. The fraction of sp³-hybridized carbons (Fsp3) is 0.250. The monoisotopic (exact) mass is 445 g/mol. The number of urea groups is 1. The lowest BCUT2D eigenvalue weighted by Gasteiger charge is -2.33. The number of nitrogens with one attached hydrogen (secondary N) is 2. The third kappa shape index (κ3) is 3.32. The van der Waals surface area contributed by atoms with Crippen LogP contribution >= 0.6 is 0 Å². The van der Waals surface area contributed by atoms with E-state index in [2.05, 4.69) is 15.7 Å². The molecule has 1 fully saturated rings. The zero-order valence-corrected chi connectivity index (χ0v) is 18.3. The van der Waals surface area contributed by atoms with Gasteiger partial charge in [-0.2, -0.15) is 5.10 Å².